The summed E-state index contributed by atoms with van der Waals surface area (Å²) in [5.41, 5.74) is 0.474. The van der Waals surface area contributed by atoms with E-state index in [4.69, 9.17) is 23.2 Å². The van der Waals surface area contributed by atoms with Crippen LogP contribution < -0.4 is 11.0 Å². The molecule has 0 fully saturated rings. The average molecular weight is 345 g/mol. The number of nitrogens with zero attached hydrogens (tertiary/aromatic N) is 2. The fourth-order valence-electron chi connectivity index (χ4n) is 1.43. The highest BCUT2D eigenvalue weighted by atomic mass is 35.5. The first-order chi connectivity index (χ1) is 9.95. The number of nitrogens with one attached hydrogen (secondary N) is 2. The minimum Gasteiger partial charge on any atom is -0.324 e. The third-order valence-corrected chi connectivity index (χ3v) is 3.99. The molecular formula is C12H10Cl2N4O2S. The number of benzene rings is 1. The number of thioether (sulfide) groups is 1. The first-order valence-electron chi connectivity index (χ1n) is 5.77. The van der Waals surface area contributed by atoms with Gasteiger partial charge in [-0.1, -0.05) is 35.0 Å². The summed E-state index contributed by atoms with van der Waals surface area (Å²) in [6.45, 7) is 1.69. The molecule has 2 N–H and O–H groups in total. The maximum Gasteiger partial charge on any atom is 0.362 e. The molecule has 21 heavy (non-hydrogen) atoms. The van der Waals surface area contributed by atoms with Crippen LogP contribution in [-0.4, -0.2) is 26.8 Å². The Labute approximate surface area is 134 Å². The molecular weight excluding hydrogens is 335 g/mol. The highest BCUT2D eigenvalue weighted by Crippen LogP contribution is 2.25. The molecule has 9 heteroatoms. The molecule has 0 radical (unpaired) electrons. The van der Waals surface area contributed by atoms with E-state index in [0.717, 1.165) is 11.8 Å². The summed E-state index contributed by atoms with van der Waals surface area (Å²) in [4.78, 5) is 26.7. The van der Waals surface area contributed by atoms with E-state index in [1.54, 1.807) is 19.1 Å². The zero-order valence-corrected chi connectivity index (χ0v) is 13.1. The number of halogens is 2. The Morgan fingerprint density at radius 3 is 2.90 bits per heavy atom. The standard InChI is InChI=1S/C12H10Cl2N4O2S/c1-6-11(16-12(20)18-17-6)21-5-10(19)15-9-3-2-7(13)4-8(9)14/h2-4H,5H2,1H3,(H,15,19)(H,16,18,20). The number of hydrogen-bond donors (Lipinski definition) is 2. The molecule has 110 valence electrons. The van der Waals surface area contributed by atoms with Gasteiger partial charge in [0.1, 0.15) is 5.03 Å². The number of amides is 1. The Morgan fingerprint density at radius 2 is 2.19 bits per heavy atom. The minimum absolute atomic E-state index is 0.0813. The van der Waals surface area contributed by atoms with Crippen LogP contribution in [0.4, 0.5) is 5.69 Å². The molecule has 0 spiro atoms. The Balaban J connectivity index is 1.99. The number of aromatic nitrogens is 3. The number of carbonyl (C=O) groups is 1. The van der Waals surface area contributed by atoms with Gasteiger partial charge in [0, 0.05) is 5.02 Å². The van der Waals surface area contributed by atoms with Crippen molar-refractivity contribution >= 4 is 46.6 Å². The van der Waals surface area contributed by atoms with Crippen LogP contribution in [0, 0.1) is 6.92 Å². The van der Waals surface area contributed by atoms with Crippen LogP contribution in [0.3, 0.4) is 0 Å². The fraction of sp³-hybridized carbons (Fsp3) is 0.167. The second-order valence-electron chi connectivity index (χ2n) is 3.99. The lowest BCUT2D eigenvalue weighted by atomic mass is 10.3. The van der Waals surface area contributed by atoms with Gasteiger partial charge in [-0.25, -0.2) is 9.89 Å². The predicted molar refractivity (Wildman–Crippen MR) is 83.2 cm³/mol. The Kier molecular flexibility index (Phi) is 5.22. The molecule has 2 rings (SSSR count). The van der Waals surface area contributed by atoms with Crippen molar-refractivity contribution in [3.05, 3.63) is 44.4 Å². The zero-order chi connectivity index (χ0) is 15.4. The van der Waals surface area contributed by atoms with Crippen LogP contribution in [0.5, 0.6) is 0 Å². The predicted octanol–water partition coefficient (Wildman–Crippen LogP) is 2.51. The van der Waals surface area contributed by atoms with Crippen molar-refractivity contribution in [3.8, 4) is 0 Å². The summed E-state index contributed by atoms with van der Waals surface area (Å²) in [6.07, 6.45) is 0. The van der Waals surface area contributed by atoms with Gasteiger partial charge in [-0.2, -0.15) is 10.1 Å². The number of carbonyl (C=O) groups excluding carboxylic acids is 1. The quantitative estimate of drug-likeness (QED) is 0.832. The first kappa shape index (κ1) is 15.8. The number of anilines is 1. The Bertz CT molecular complexity index is 735. The molecule has 0 aliphatic heterocycles. The van der Waals surface area contributed by atoms with Crippen LogP contribution in [0.1, 0.15) is 5.69 Å². The highest BCUT2D eigenvalue weighted by Gasteiger charge is 2.10. The topological polar surface area (TPSA) is 87.7 Å². The number of aromatic amines is 1. The summed E-state index contributed by atoms with van der Waals surface area (Å²) in [7, 11) is 0. The molecule has 6 nitrogen and oxygen atoms in total. The molecule has 0 aliphatic rings. The number of aryl methyl sites for hydroxylation is 1. The number of rotatable bonds is 4. The first-order valence-corrected chi connectivity index (χ1v) is 7.51. The third-order valence-electron chi connectivity index (χ3n) is 2.38. The van der Waals surface area contributed by atoms with Crippen molar-refractivity contribution in [2.24, 2.45) is 0 Å². The van der Waals surface area contributed by atoms with Gasteiger partial charge in [0.05, 0.1) is 22.2 Å². The van der Waals surface area contributed by atoms with Crippen molar-refractivity contribution < 1.29 is 4.79 Å². The SMILES string of the molecule is Cc1n[nH]c(=O)nc1SCC(=O)Nc1ccc(Cl)cc1Cl. The summed E-state index contributed by atoms with van der Waals surface area (Å²) >= 11 is 12.9. The second-order valence-corrected chi connectivity index (χ2v) is 5.80. The monoisotopic (exact) mass is 344 g/mol. The molecule has 0 unspecified atom stereocenters. The lowest BCUT2D eigenvalue weighted by Gasteiger charge is -2.07. The average Bonchev–Trinajstić information content (AvgIpc) is 2.43. The summed E-state index contributed by atoms with van der Waals surface area (Å²) < 4.78 is 0. The Morgan fingerprint density at radius 1 is 1.43 bits per heavy atom. The van der Waals surface area contributed by atoms with E-state index in [9.17, 15) is 9.59 Å². The van der Waals surface area contributed by atoms with Gasteiger partial charge < -0.3 is 5.32 Å². The molecule has 0 saturated carbocycles. The second kappa shape index (κ2) is 6.93. The third kappa shape index (κ3) is 4.45. The van der Waals surface area contributed by atoms with E-state index >= 15 is 0 Å². The maximum atomic E-state index is 11.9. The van der Waals surface area contributed by atoms with Gasteiger partial charge in [0.25, 0.3) is 0 Å². The molecule has 0 bridgehead atoms. The van der Waals surface area contributed by atoms with E-state index in [1.807, 2.05) is 0 Å². The summed E-state index contributed by atoms with van der Waals surface area (Å²) in [6, 6.07) is 4.78. The summed E-state index contributed by atoms with van der Waals surface area (Å²) in [5.74, 6) is -0.191. The number of H-pyrrole nitrogens is 1. The summed E-state index contributed by atoms with van der Waals surface area (Å²) in [5, 5.41) is 9.91. The van der Waals surface area contributed by atoms with Gasteiger partial charge in [-0.05, 0) is 25.1 Å². The Hall–Kier alpha value is -1.57. The van der Waals surface area contributed by atoms with Gasteiger partial charge in [0.2, 0.25) is 5.91 Å². The van der Waals surface area contributed by atoms with Crippen LogP contribution >= 0.6 is 35.0 Å². The van der Waals surface area contributed by atoms with Gasteiger partial charge >= 0.3 is 5.69 Å². The molecule has 1 aromatic heterocycles. The normalized spacial score (nSPS) is 10.4. The van der Waals surface area contributed by atoms with E-state index in [-0.39, 0.29) is 11.7 Å². The molecule has 1 amide bonds. The van der Waals surface area contributed by atoms with Crippen molar-refractivity contribution in [2.75, 3.05) is 11.1 Å². The van der Waals surface area contributed by atoms with E-state index < -0.39 is 5.69 Å². The highest BCUT2D eigenvalue weighted by molar-refractivity contribution is 8.00. The van der Waals surface area contributed by atoms with E-state index in [0.29, 0.717) is 26.5 Å². The lowest BCUT2D eigenvalue weighted by Crippen LogP contribution is -2.17. The van der Waals surface area contributed by atoms with Crippen LogP contribution in [-0.2, 0) is 4.79 Å². The lowest BCUT2D eigenvalue weighted by molar-refractivity contribution is -0.113. The minimum atomic E-state index is -0.552. The van der Waals surface area contributed by atoms with E-state index in [1.165, 1.54) is 6.07 Å². The van der Waals surface area contributed by atoms with Crippen LogP contribution in [0.25, 0.3) is 0 Å². The van der Waals surface area contributed by atoms with Crippen molar-refractivity contribution in [1.29, 1.82) is 0 Å². The zero-order valence-electron chi connectivity index (χ0n) is 10.8. The fourth-order valence-corrected chi connectivity index (χ4v) is 2.62. The van der Waals surface area contributed by atoms with Crippen molar-refractivity contribution in [1.82, 2.24) is 15.2 Å². The van der Waals surface area contributed by atoms with Crippen LogP contribution in [0.15, 0.2) is 28.0 Å². The smallest absolute Gasteiger partial charge is 0.324 e. The number of hydrogen-bond acceptors (Lipinski definition) is 5. The molecule has 1 heterocycles. The van der Waals surface area contributed by atoms with Crippen LogP contribution in [0.2, 0.25) is 10.0 Å². The van der Waals surface area contributed by atoms with Gasteiger partial charge in [-0.15, -0.1) is 0 Å². The molecule has 0 aliphatic carbocycles. The van der Waals surface area contributed by atoms with Gasteiger partial charge in [0.15, 0.2) is 0 Å². The van der Waals surface area contributed by atoms with Crippen molar-refractivity contribution in [3.63, 3.8) is 0 Å². The van der Waals surface area contributed by atoms with E-state index in [2.05, 4.69) is 20.5 Å². The van der Waals surface area contributed by atoms with Crippen molar-refractivity contribution in [2.45, 2.75) is 11.9 Å². The molecule has 0 saturated heterocycles. The maximum absolute atomic E-state index is 11.9. The molecule has 1 aromatic carbocycles. The van der Waals surface area contributed by atoms with Gasteiger partial charge in [-0.3, -0.25) is 4.79 Å². The molecule has 0 atom stereocenters. The largest absolute Gasteiger partial charge is 0.362 e. The molecule has 2 aromatic rings.